The largest absolute Gasteiger partial charge is 0.468 e. The second-order valence-electron chi connectivity index (χ2n) is 2.67. The van der Waals surface area contributed by atoms with Crippen molar-refractivity contribution in [2.24, 2.45) is 0 Å². The van der Waals surface area contributed by atoms with Crippen molar-refractivity contribution >= 4 is 15.8 Å². The molecule has 1 saturated heterocycles. The van der Waals surface area contributed by atoms with Gasteiger partial charge in [0.1, 0.15) is 7.85 Å². The molecule has 1 aliphatic heterocycles. The third kappa shape index (κ3) is 3.19. The van der Waals surface area contributed by atoms with Gasteiger partial charge < -0.3 is 4.74 Å². The topological polar surface area (TPSA) is 52.6 Å². The van der Waals surface area contributed by atoms with Gasteiger partial charge in [0.05, 0.1) is 12.7 Å². The van der Waals surface area contributed by atoms with Crippen LogP contribution in [0.5, 0.6) is 0 Å². The fraction of sp³-hybridized carbons (Fsp3) is 1.00. The van der Waals surface area contributed by atoms with Crippen LogP contribution < -0.4 is 0 Å². The molecule has 62 valence electrons. The molecule has 2 unspecified atom stereocenters. The van der Waals surface area contributed by atoms with E-state index in [9.17, 15) is 9.13 Å². The highest BCUT2D eigenvalue weighted by Gasteiger charge is 2.21. The van der Waals surface area contributed by atoms with E-state index in [-0.39, 0.29) is 18.7 Å². The van der Waals surface area contributed by atoms with Crippen molar-refractivity contribution in [2.75, 3.05) is 6.61 Å². The minimum Gasteiger partial charge on any atom is -0.382 e. The maximum atomic E-state index is 10.00. The predicted molar refractivity (Wildman–Crippen MR) is 40.7 cm³/mol. The molecule has 0 aromatic heterocycles. The Balaban J connectivity index is 2.18. The number of ether oxygens (including phenoxy) is 1. The monoisotopic (exact) mass is 176 g/mol. The third-order valence-electron chi connectivity index (χ3n) is 1.69. The van der Waals surface area contributed by atoms with E-state index < -0.39 is 7.91 Å². The summed E-state index contributed by atoms with van der Waals surface area (Å²) in [7, 11) is -0.741. The molecule has 0 amide bonds. The summed E-state index contributed by atoms with van der Waals surface area (Å²) in [6.07, 6.45) is 1.85. The smallest absolute Gasteiger partial charge is 0.382 e. The number of rotatable bonds is 3. The molecule has 0 bridgehead atoms. The van der Waals surface area contributed by atoms with Crippen LogP contribution in [0, 0.1) is 0 Å². The average molecular weight is 176 g/mol. The Morgan fingerprint density at radius 1 is 1.55 bits per heavy atom. The summed E-state index contributed by atoms with van der Waals surface area (Å²) in [6, 6.07) is 0.244. The van der Waals surface area contributed by atoms with Crippen molar-refractivity contribution in [3.8, 4) is 0 Å². The molecule has 4 nitrogen and oxygen atoms in total. The van der Waals surface area contributed by atoms with Gasteiger partial charge in [-0.15, -0.1) is 0 Å². The standard InChI is InChI=1S/C5H10BO4P/c6-5-2-1-4(10-5)3-9-11(7)8/h4-5H,1-3,6H2. The molecule has 0 aromatic carbocycles. The average Bonchev–Trinajstić information content (AvgIpc) is 2.31. The zero-order valence-electron chi connectivity index (χ0n) is 6.36. The van der Waals surface area contributed by atoms with Gasteiger partial charge in [-0.3, -0.25) is 4.52 Å². The maximum absolute atomic E-state index is 10.00. The van der Waals surface area contributed by atoms with Gasteiger partial charge in [-0.1, -0.05) is 0 Å². The Hall–Kier alpha value is -0.115. The lowest BCUT2D eigenvalue weighted by Gasteiger charge is -2.07. The second kappa shape index (κ2) is 4.05. The Morgan fingerprint density at radius 3 is 2.73 bits per heavy atom. The zero-order valence-corrected chi connectivity index (χ0v) is 7.25. The fourth-order valence-corrected chi connectivity index (χ4v) is 1.44. The Morgan fingerprint density at radius 2 is 2.27 bits per heavy atom. The van der Waals surface area contributed by atoms with Crippen molar-refractivity contribution in [3.05, 3.63) is 0 Å². The first-order valence-electron chi connectivity index (χ1n) is 3.61. The molecule has 0 aromatic rings. The second-order valence-corrected chi connectivity index (χ2v) is 3.37. The highest BCUT2D eigenvalue weighted by atomic mass is 31.1. The maximum Gasteiger partial charge on any atom is 0.468 e. The van der Waals surface area contributed by atoms with Crippen LogP contribution in [0.25, 0.3) is 0 Å². The van der Waals surface area contributed by atoms with Crippen molar-refractivity contribution in [1.82, 2.24) is 0 Å². The minimum absolute atomic E-state index is 0.0297. The lowest BCUT2D eigenvalue weighted by atomic mass is 9.97. The molecule has 1 fully saturated rings. The summed E-state index contributed by atoms with van der Waals surface area (Å²) >= 11 is 0. The van der Waals surface area contributed by atoms with Crippen LogP contribution in [0.4, 0.5) is 0 Å². The number of hydrogen-bond donors (Lipinski definition) is 0. The predicted octanol–water partition coefficient (Wildman–Crippen LogP) is 0.229. The Labute approximate surface area is 66.6 Å². The minimum atomic E-state index is -2.71. The van der Waals surface area contributed by atoms with E-state index in [1.807, 2.05) is 7.85 Å². The normalized spacial score (nSPS) is 30.5. The first-order chi connectivity index (χ1) is 5.18. The van der Waals surface area contributed by atoms with Gasteiger partial charge in [-0.2, -0.15) is 0 Å². The first-order valence-corrected chi connectivity index (χ1v) is 4.71. The van der Waals surface area contributed by atoms with E-state index in [2.05, 4.69) is 4.52 Å². The SMILES string of the molecule is BC1CCC(COP(=O)=O)O1. The van der Waals surface area contributed by atoms with Crippen molar-refractivity contribution < 1.29 is 18.4 Å². The zero-order chi connectivity index (χ0) is 8.27. The molecule has 11 heavy (non-hydrogen) atoms. The van der Waals surface area contributed by atoms with Crippen LogP contribution in [0.2, 0.25) is 0 Å². The van der Waals surface area contributed by atoms with Gasteiger partial charge in [0, 0.05) is 6.00 Å². The molecule has 0 saturated carbocycles. The summed E-state index contributed by atoms with van der Waals surface area (Å²) in [5, 5.41) is 0. The molecule has 2 atom stereocenters. The lowest BCUT2D eigenvalue weighted by Crippen LogP contribution is -2.14. The third-order valence-corrected chi connectivity index (χ3v) is 2.05. The Bertz CT molecular complexity index is 185. The van der Waals surface area contributed by atoms with E-state index >= 15 is 0 Å². The van der Waals surface area contributed by atoms with Gasteiger partial charge in [0.2, 0.25) is 0 Å². The van der Waals surface area contributed by atoms with E-state index in [0.29, 0.717) is 0 Å². The summed E-state index contributed by atoms with van der Waals surface area (Å²) in [4.78, 5) is 0. The van der Waals surface area contributed by atoms with Crippen molar-refractivity contribution in [3.63, 3.8) is 0 Å². The van der Waals surface area contributed by atoms with Crippen LogP contribution in [-0.2, 0) is 18.4 Å². The van der Waals surface area contributed by atoms with Crippen LogP contribution in [0.15, 0.2) is 0 Å². The molecule has 0 radical (unpaired) electrons. The van der Waals surface area contributed by atoms with Crippen LogP contribution in [-0.4, -0.2) is 26.6 Å². The quantitative estimate of drug-likeness (QED) is 0.456. The molecule has 6 heteroatoms. The van der Waals surface area contributed by atoms with E-state index in [0.717, 1.165) is 12.8 Å². The van der Waals surface area contributed by atoms with Crippen LogP contribution >= 0.6 is 7.91 Å². The molecule has 0 N–H and O–H groups in total. The molecule has 0 aliphatic carbocycles. The summed E-state index contributed by atoms with van der Waals surface area (Å²) in [6.45, 7) is 0.170. The fourth-order valence-electron chi connectivity index (χ4n) is 1.15. The Kier molecular flexibility index (Phi) is 3.30. The molecular weight excluding hydrogens is 166 g/mol. The van der Waals surface area contributed by atoms with Crippen LogP contribution in [0.1, 0.15) is 12.8 Å². The highest BCUT2D eigenvalue weighted by Crippen LogP contribution is 2.19. The van der Waals surface area contributed by atoms with Gasteiger partial charge in [-0.05, 0) is 12.8 Å². The summed E-state index contributed by atoms with van der Waals surface area (Å²) in [5.41, 5.74) is 0. The number of hydrogen-bond acceptors (Lipinski definition) is 4. The summed E-state index contributed by atoms with van der Waals surface area (Å²) in [5.74, 6) is 0. The van der Waals surface area contributed by atoms with Crippen molar-refractivity contribution in [2.45, 2.75) is 24.9 Å². The van der Waals surface area contributed by atoms with Gasteiger partial charge in [0.15, 0.2) is 0 Å². The molecule has 1 rings (SSSR count). The molecule has 1 aliphatic rings. The lowest BCUT2D eigenvalue weighted by molar-refractivity contribution is 0.0523. The highest BCUT2D eigenvalue weighted by molar-refractivity contribution is 7.24. The van der Waals surface area contributed by atoms with Crippen molar-refractivity contribution in [1.29, 1.82) is 0 Å². The van der Waals surface area contributed by atoms with Gasteiger partial charge in [0.25, 0.3) is 0 Å². The summed E-state index contributed by atoms with van der Waals surface area (Å²) < 4.78 is 29.7. The molecule has 0 spiro atoms. The molecular formula is C5H10BO4P. The van der Waals surface area contributed by atoms with E-state index in [1.165, 1.54) is 0 Å². The van der Waals surface area contributed by atoms with Gasteiger partial charge >= 0.3 is 7.91 Å². The van der Waals surface area contributed by atoms with Gasteiger partial charge in [-0.25, -0.2) is 9.13 Å². The van der Waals surface area contributed by atoms with Crippen LogP contribution in [0.3, 0.4) is 0 Å². The van der Waals surface area contributed by atoms with E-state index in [4.69, 9.17) is 4.74 Å². The molecule has 1 heterocycles. The first kappa shape index (κ1) is 8.98. The van der Waals surface area contributed by atoms with E-state index in [1.54, 1.807) is 0 Å².